The van der Waals surface area contributed by atoms with Crippen molar-refractivity contribution < 1.29 is 17.9 Å². The highest BCUT2D eigenvalue weighted by molar-refractivity contribution is 7.89. The lowest BCUT2D eigenvalue weighted by Crippen LogP contribution is -2.46. The van der Waals surface area contributed by atoms with Gasteiger partial charge in [-0.3, -0.25) is 4.90 Å². The number of hydrogen-bond acceptors (Lipinski definition) is 6. The van der Waals surface area contributed by atoms with Crippen molar-refractivity contribution in [2.45, 2.75) is 11.3 Å². The highest BCUT2D eigenvalue weighted by Gasteiger charge is 2.19. The Labute approximate surface area is 161 Å². The summed E-state index contributed by atoms with van der Waals surface area (Å²) in [5.74, 6) is 1.09. The average molecular weight is 414 g/mol. The number of halogens is 2. The van der Waals surface area contributed by atoms with E-state index in [1.165, 1.54) is 6.07 Å². The van der Waals surface area contributed by atoms with Gasteiger partial charge in [0.25, 0.3) is 0 Å². The summed E-state index contributed by atoms with van der Waals surface area (Å²) in [5, 5.41) is 3.28. The molecule has 0 aromatic heterocycles. The minimum atomic E-state index is -3.53. The molecule has 2 heterocycles. The third-order valence-electron chi connectivity index (χ3n) is 3.96. The van der Waals surface area contributed by atoms with Crippen LogP contribution in [0, 0.1) is 0 Å². The molecule has 1 fully saturated rings. The van der Waals surface area contributed by atoms with Crippen LogP contribution in [0.4, 0.5) is 0 Å². The number of fused-ring (bicyclic) bond motifs is 1. The van der Waals surface area contributed by atoms with Crippen molar-refractivity contribution in [2.75, 3.05) is 52.5 Å². The van der Waals surface area contributed by atoms with E-state index in [0.717, 1.165) is 32.6 Å². The lowest BCUT2D eigenvalue weighted by atomic mass is 10.3. The first-order valence-corrected chi connectivity index (χ1v) is 9.46. The predicted molar refractivity (Wildman–Crippen MR) is 101 cm³/mol. The Bertz CT molecular complexity index is 640. The van der Waals surface area contributed by atoms with Gasteiger partial charge in [-0.05, 0) is 12.1 Å². The van der Waals surface area contributed by atoms with E-state index >= 15 is 0 Å². The van der Waals surface area contributed by atoms with Gasteiger partial charge in [0.2, 0.25) is 10.0 Å². The highest BCUT2D eigenvalue weighted by atomic mass is 35.5. The Morgan fingerprint density at radius 3 is 2.48 bits per heavy atom. The van der Waals surface area contributed by atoms with Gasteiger partial charge in [0.05, 0.1) is 18.1 Å². The summed E-state index contributed by atoms with van der Waals surface area (Å²) in [5.41, 5.74) is 0. The fourth-order valence-corrected chi connectivity index (χ4v) is 3.70. The van der Waals surface area contributed by atoms with Gasteiger partial charge in [0.1, 0.15) is 0 Å². The molecule has 1 aromatic carbocycles. The molecule has 1 saturated heterocycles. The third-order valence-corrected chi connectivity index (χ3v) is 5.42. The predicted octanol–water partition coefficient (Wildman–Crippen LogP) is 0.875. The van der Waals surface area contributed by atoms with Crippen LogP contribution in [0.1, 0.15) is 6.42 Å². The van der Waals surface area contributed by atoms with Crippen LogP contribution >= 0.6 is 24.8 Å². The largest absolute Gasteiger partial charge is 0.490 e. The van der Waals surface area contributed by atoms with Gasteiger partial charge >= 0.3 is 0 Å². The number of rotatable bonds is 5. The van der Waals surface area contributed by atoms with Crippen molar-refractivity contribution >= 4 is 34.8 Å². The molecule has 0 amide bonds. The van der Waals surface area contributed by atoms with E-state index in [4.69, 9.17) is 9.47 Å². The van der Waals surface area contributed by atoms with Crippen molar-refractivity contribution in [1.82, 2.24) is 14.9 Å². The second kappa shape index (κ2) is 10.4. The minimum Gasteiger partial charge on any atom is -0.490 e. The van der Waals surface area contributed by atoms with E-state index in [2.05, 4.69) is 14.9 Å². The van der Waals surface area contributed by atoms with Crippen molar-refractivity contribution in [1.29, 1.82) is 0 Å². The summed E-state index contributed by atoms with van der Waals surface area (Å²) in [6, 6.07) is 4.75. The summed E-state index contributed by atoms with van der Waals surface area (Å²) in [4.78, 5) is 2.45. The monoisotopic (exact) mass is 413 g/mol. The van der Waals surface area contributed by atoms with E-state index in [9.17, 15) is 8.42 Å². The van der Waals surface area contributed by atoms with Gasteiger partial charge < -0.3 is 14.8 Å². The number of nitrogens with zero attached hydrogens (tertiary/aromatic N) is 1. The molecule has 0 bridgehead atoms. The number of nitrogens with one attached hydrogen (secondary N) is 2. The Morgan fingerprint density at radius 1 is 1.08 bits per heavy atom. The van der Waals surface area contributed by atoms with Gasteiger partial charge in [-0.1, -0.05) is 0 Å². The molecule has 2 aliphatic rings. The van der Waals surface area contributed by atoms with Crippen LogP contribution in [0.2, 0.25) is 0 Å². The van der Waals surface area contributed by atoms with Crippen molar-refractivity contribution in [2.24, 2.45) is 0 Å². The molecule has 1 aromatic rings. The minimum absolute atomic E-state index is 0. The molecule has 0 unspecified atom stereocenters. The molecule has 0 aliphatic carbocycles. The zero-order valence-corrected chi connectivity index (χ0v) is 16.4. The Morgan fingerprint density at radius 2 is 1.76 bits per heavy atom. The lowest BCUT2D eigenvalue weighted by molar-refractivity contribution is 0.245. The number of ether oxygens (including phenoxy) is 2. The molecule has 2 N–H and O–H groups in total. The summed E-state index contributed by atoms with van der Waals surface area (Å²) in [6.45, 7) is 6.04. The van der Waals surface area contributed by atoms with Crippen LogP contribution in [0.25, 0.3) is 0 Å². The topological polar surface area (TPSA) is 79.9 Å². The maximum Gasteiger partial charge on any atom is 0.240 e. The quantitative estimate of drug-likeness (QED) is 0.745. The van der Waals surface area contributed by atoms with Crippen molar-refractivity contribution in [3.05, 3.63) is 18.2 Å². The first-order valence-electron chi connectivity index (χ1n) is 7.97. The molecule has 144 valence electrons. The standard InChI is InChI=1S/C15H23N3O4S.2ClH/c19-23(20,17-6-9-18-7-4-16-5-8-18)13-2-3-14-15(12-13)22-11-1-10-21-14;;/h2-3,12,16-17H,1,4-11H2;2*1H. The van der Waals surface area contributed by atoms with Gasteiger partial charge in [-0.25, -0.2) is 13.1 Å². The first kappa shape index (κ1) is 22.3. The van der Waals surface area contributed by atoms with E-state index < -0.39 is 10.0 Å². The fraction of sp³-hybridized carbons (Fsp3) is 0.600. The van der Waals surface area contributed by atoms with E-state index in [-0.39, 0.29) is 29.7 Å². The van der Waals surface area contributed by atoms with Crippen LogP contribution in [0.15, 0.2) is 23.1 Å². The lowest BCUT2D eigenvalue weighted by Gasteiger charge is -2.27. The third kappa shape index (κ3) is 6.16. The maximum atomic E-state index is 12.4. The molecule has 2 aliphatic heterocycles. The molecule has 0 spiro atoms. The van der Waals surface area contributed by atoms with Crippen LogP contribution in [0.3, 0.4) is 0 Å². The van der Waals surface area contributed by atoms with Crippen LogP contribution in [0.5, 0.6) is 11.5 Å². The van der Waals surface area contributed by atoms with Crippen LogP contribution < -0.4 is 19.5 Å². The number of hydrogen-bond donors (Lipinski definition) is 2. The summed E-state index contributed by atoms with van der Waals surface area (Å²) in [7, 11) is -3.53. The van der Waals surface area contributed by atoms with Gasteiger partial charge in [-0.15, -0.1) is 24.8 Å². The molecule has 3 rings (SSSR count). The Hall–Kier alpha value is -0.770. The molecule has 7 nitrogen and oxygen atoms in total. The van der Waals surface area contributed by atoms with E-state index in [0.29, 0.717) is 37.8 Å². The molecule has 0 atom stereocenters. The second-order valence-electron chi connectivity index (χ2n) is 5.65. The SMILES string of the molecule is Cl.Cl.O=S(=O)(NCCN1CCNCC1)c1ccc2c(c1)OCCCO2. The zero-order valence-electron chi connectivity index (χ0n) is 13.9. The highest BCUT2D eigenvalue weighted by Crippen LogP contribution is 2.31. The molecule has 10 heteroatoms. The summed E-state index contributed by atoms with van der Waals surface area (Å²) >= 11 is 0. The Balaban J connectivity index is 0.00000156. The molecular weight excluding hydrogens is 389 g/mol. The first-order chi connectivity index (χ1) is 11.1. The normalized spacial score (nSPS) is 17.8. The smallest absolute Gasteiger partial charge is 0.240 e. The van der Waals surface area contributed by atoms with Crippen molar-refractivity contribution in [3.8, 4) is 11.5 Å². The maximum absolute atomic E-state index is 12.4. The molecule has 0 saturated carbocycles. The van der Waals surface area contributed by atoms with E-state index in [1.54, 1.807) is 12.1 Å². The molecule has 0 radical (unpaired) electrons. The van der Waals surface area contributed by atoms with Gasteiger partial charge in [0.15, 0.2) is 11.5 Å². The fourth-order valence-electron chi connectivity index (χ4n) is 2.67. The summed E-state index contributed by atoms with van der Waals surface area (Å²) in [6.07, 6.45) is 0.791. The van der Waals surface area contributed by atoms with Crippen LogP contribution in [-0.2, 0) is 10.0 Å². The van der Waals surface area contributed by atoms with Crippen LogP contribution in [-0.4, -0.2) is 65.8 Å². The number of benzene rings is 1. The number of sulfonamides is 1. The van der Waals surface area contributed by atoms with Gasteiger partial charge in [0, 0.05) is 51.8 Å². The van der Waals surface area contributed by atoms with E-state index in [1.807, 2.05) is 0 Å². The number of piperazine rings is 1. The van der Waals surface area contributed by atoms with Gasteiger partial charge in [-0.2, -0.15) is 0 Å². The summed E-state index contributed by atoms with van der Waals surface area (Å²) < 4.78 is 38.5. The zero-order chi connectivity index (χ0) is 16.1. The molecule has 25 heavy (non-hydrogen) atoms. The second-order valence-corrected chi connectivity index (χ2v) is 7.42. The molecular formula is C15H25Cl2N3O4S. The average Bonchev–Trinajstić information content (AvgIpc) is 2.80. The Kier molecular flexibility index (Phi) is 9.26. The van der Waals surface area contributed by atoms with Crippen molar-refractivity contribution in [3.63, 3.8) is 0 Å².